The van der Waals surface area contributed by atoms with E-state index in [1.165, 1.54) is 5.69 Å². The van der Waals surface area contributed by atoms with Gasteiger partial charge in [0.05, 0.1) is 12.6 Å². The van der Waals surface area contributed by atoms with Crippen LogP contribution >= 0.6 is 0 Å². The average Bonchev–Trinajstić information content (AvgIpc) is 2.84. The van der Waals surface area contributed by atoms with Crippen LogP contribution in [0, 0.1) is 5.92 Å². The van der Waals surface area contributed by atoms with Gasteiger partial charge in [-0.2, -0.15) is 5.06 Å². The predicted molar refractivity (Wildman–Crippen MR) is 58.6 cm³/mol. The molecular formula is C12H16N2O2. The number of rotatable bonds is 3. The minimum Gasteiger partial charge on any atom is -0.349 e. The first-order chi connectivity index (χ1) is 7.75. The molecule has 4 nitrogen and oxygen atoms in total. The van der Waals surface area contributed by atoms with Gasteiger partial charge in [0.2, 0.25) is 0 Å². The van der Waals surface area contributed by atoms with Crippen LogP contribution < -0.4 is 0 Å². The normalized spacial score (nSPS) is 28.1. The van der Waals surface area contributed by atoms with Crippen molar-refractivity contribution in [1.82, 2.24) is 9.63 Å². The molecular weight excluding hydrogens is 204 g/mol. The summed E-state index contributed by atoms with van der Waals surface area (Å²) in [5, 5.41) is 1.99. The Bertz CT molecular complexity index is 413. The fraction of sp³-hybridized carbons (Fsp3) is 0.583. The van der Waals surface area contributed by atoms with Crippen molar-refractivity contribution in [1.29, 1.82) is 0 Å². The Morgan fingerprint density at radius 3 is 3.31 bits per heavy atom. The van der Waals surface area contributed by atoms with E-state index in [1.54, 1.807) is 6.92 Å². The summed E-state index contributed by atoms with van der Waals surface area (Å²) in [6, 6.07) is 4.59. The molecule has 0 unspecified atom stereocenters. The number of hydrogen-bond acceptors (Lipinski definition) is 3. The number of Topliss-reactive ketones (excluding diaryl/α,β-unsaturated/α-hetero) is 1. The molecule has 2 aliphatic rings. The fourth-order valence-electron chi connectivity index (χ4n) is 2.73. The molecule has 1 aromatic rings. The molecule has 2 aliphatic heterocycles. The second-order valence-corrected chi connectivity index (χ2v) is 4.68. The van der Waals surface area contributed by atoms with Crippen LogP contribution in [0.2, 0.25) is 0 Å². The molecule has 0 aromatic carbocycles. The summed E-state index contributed by atoms with van der Waals surface area (Å²) in [5.41, 5.74) is 1.33. The van der Waals surface area contributed by atoms with Gasteiger partial charge < -0.3 is 4.57 Å². The van der Waals surface area contributed by atoms with E-state index in [2.05, 4.69) is 22.9 Å². The zero-order valence-corrected chi connectivity index (χ0v) is 9.43. The number of carbonyl (C=O) groups is 1. The number of hydroxylamine groups is 2. The van der Waals surface area contributed by atoms with E-state index in [9.17, 15) is 4.79 Å². The summed E-state index contributed by atoms with van der Waals surface area (Å²) in [5.74, 6) is 0.781. The van der Waals surface area contributed by atoms with Crippen LogP contribution in [-0.4, -0.2) is 28.6 Å². The van der Waals surface area contributed by atoms with Crippen LogP contribution in [-0.2, 0) is 16.2 Å². The van der Waals surface area contributed by atoms with E-state index in [0.29, 0.717) is 24.9 Å². The molecule has 0 spiro atoms. The second kappa shape index (κ2) is 3.71. The topological polar surface area (TPSA) is 34.5 Å². The number of hydrogen-bond donors (Lipinski definition) is 0. The molecule has 0 aliphatic carbocycles. The van der Waals surface area contributed by atoms with E-state index >= 15 is 0 Å². The van der Waals surface area contributed by atoms with Crippen molar-refractivity contribution in [3.8, 4) is 0 Å². The molecule has 0 radical (unpaired) electrons. The maximum atomic E-state index is 11.0. The van der Waals surface area contributed by atoms with Crippen molar-refractivity contribution in [2.75, 3.05) is 13.2 Å². The quantitative estimate of drug-likeness (QED) is 0.772. The Morgan fingerprint density at radius 2 is 2.50 bits per heavy atom. The maximum absolute atomic E-state index is 11.0. The monoisotopic (exact) mass is 220 g/mol. The number of aromatic nitrogens is 1. The van der Waals surface area contributed by atoms with Gasteiger partial charge in [-0.05, 0) is 19.1 Å². The lowest BCUT2D eigenvalue weighted by Crippen LogP contribution is -2.25. The molecule has 0 N–H and O–H groups in total. The average molecular weight is 220 g/mol. The van der Waals surface area contributed by atoms with Gasteiger partial charge in [-0.1, -0.05) is 0 Å². The third-order valence-electron chi connectivity index (χ3n) is 3.49. The second-order valence-electron chi connectivity index (χ2n) is 4.68. The molecule has 0 saturated carbocycles. The van der Waals surface area contributed by atoms with E-state index in [0.717, 1.165) is 13.2 Å². The Labute approximate surface area is 94.7 Å². The van der Waals surface area contributed by atoms with E-state index in [-0.39, 0.29) is 5.78 Å². The first kappa shape index (κ1) is 10.1. The molecule has 3 rings (SSSR count). The fourth-order valence-corrected chi connectivity index (χ4v) is 2.73. The minimum atomic E-state index is 0.223. The molecule has 1 fully saturated rings. The highest BCUT2D eigenvalue weighted by Gasteiger charge is 2.42. The lowest BCUT2D eigenvalue weighted by atomic mass is 10.0. The summed E-state index contributed by atoms with van der Waals surface area (Å²) in [6.07, 6.45) is 2.70. The predicted octanol–water partition coefficient (Wildman–Crippen LogP) is 1.39. The molecule has 0 bridgehead atoms. The molecule has 2 atom stereocenters. The summed E-state index contributed by atoms with van der Waals surface area (Å²) >= 11 is 0. The lowest BCUT2D eigenvalue weighted by Gasteiger charge is -2.20. The van der Waals surface area contributed by atoms with E-state index < -0.39 is 0 Å². The van der Waals surface area contributed by atoms with Crippen molar-refractivity contribution < 1.29 is 9.63 Å². The smallest absolute Gasteiger partial charge is 0.131 e. The van der Waals surface area contributed by atoms with Crippen LogP contribution in [0.4, 0.5) is 0 Å². The van der Waals surface area contributed by atoms with Gasteiger partial charge in [0, 0.05) is 37.3 Å². The number of carbonyl (C=O) groups excluding carboxylic acids is 1. The molecule has 4 heteroatoms. The Hall–Kier alpha value is -1.13. The van der Waals surface area contributed by atoms with Crippen molar-refractivity contribution >= 4 is 5.78 Å². The van der Waals surface area contributed by atoms with Crippen molar-refractivity contribution in [3.05, 3.63) is 24.0 Å². The maximum Gasteiger partial charge on any atom is 0.131 e. The molecule has 16 heavy (non-hydrogen) atoms. The van der Waals surface area contributed by atoms with Crippen LogP contribution in [0.15, 0.2) is 18.3 Å². The van der Waals surface area contributed by atoms with Gasteiger partial charge >= 0.3 is 0 Å². The molecule has 1 saturated heterocycles. The molecule has 0 amide bonds. The summed E-state index contributed by atoms with van der Waals surface area (Å²) in [6.45, 7) is 4.17. The summed E-state index contributed by atoms with van der Waals surface area (Å²) < 4.78 is 2.29. The van der Waals surface area contributed by atoms with Gasteiger partial charge in [-0.25, -0.2) is 0 Å². The minimum absolute atomic E-state index is 0.223. The van der Waals surface area contributed by atoms with E-state index in [1.807, 2.05) is 5.06 Å². The van der Waals surface area contributed by atoms with Gasteiger partial charge in [0.15, 0.2) is 0 Å². The molecule has 3 heterocycles. The Balaban J connectivity index is 1.76. The third-order valence-corrected chi connectivity index (χ3v) is 3.49. The van der Waals surface area contributed by atoms with Gasteiger partial charge in [-0.3, -0.25) is 9.63 Å². The van der Waals surface area contributed by atoms with Crippen LogP contribution in [0.1, 0.15) is 25.1 Å². The number of ketones is 1. The van der Waals surface area contributed by atoms with Crippen LogP contribution in [0.3, 0.4) is 0 Å². The third kappa shape index (κ3) is 1.49. The van der Waals surface area contributed by atoms with Crippen molar-refractivity contribution in [3.63, 3.8) is 0 Å². The lowest BCUT2D eigenvalue weighted by molar-refractivity contribution is -0.140. The van der Waals surface area contributed by atoms with Crippen molar-refractivity contribution in [2.45, 2.75) is 25.9 Å². The summed E-state index contributed by atoms with van der Waals surface area (Å²) in [7, 11) is 0. The Morgan fingerprint density at radius 1 is 1.62 bits per heavy atom. The van der Waals surface area contributed by atoms with Gasteiger partial charge in [0.25, 0.3) is 0 Å². The molecule has 1 aromatic heterocycles. The van der Waals surface area contributed by atoms with E-state index in [4.69, 9.17) is 4.84 Å². The van der Waals surface area contributed by atoms with Crippen molar-refractivity contribution in [2.24, 2.45) is 5.92 Å². The highest BCUT2D eigenvalue weighted by Crippen LogP contribution is 2.41. The largest absolute Gasteiger partial charge is 0.349 e. The highest BCUT2D eigenvalue weighted by molar-refractivity contribution is 5.75. The number of fused-ring (bicyclic) bond motifs is 3. The zero-order valence-electron chi connectivity index (χ0n) is 9.43. The number of nitrogens with zero attached hydrogens (tertiary/aromatic N) is 2. The first-order valence-corrected chi connectivity index (χ1v) is 5.80. The SMILES string of the molecule is CC(=O)CCN1OC[C@H]2Cn3cccc3[C@H]21. The van der Waals surface area contributed by atoms with Crippen LogP contribution in [0.25, 0.3) is 0 Å². The van der Waals surface area contributed by atoms with Crippen LogP contribution in [0.5, 0.6) is 0 Å². The highest BCUT2D eigenvalue weighted by atomic mass is 16.7. The zero-order chi connectivity index (χ0) is 11.1. The standard InChI is InChI=1S/C12H16N2O2/c1-9(15)4-6-14-12-10(8-16-14)7-13-5-2-3-11(12)13/h2-3,5,10,12H,4,6-8H2,1H3/t10-,12+/m1/s1. The van der Waals surface area contributed by atoms with Gasteiger partial charge in [-0.15, -0.1) is 0 Å². The first-order valence-electron chi connectivity index (χ1n) is 5.80. The summed E-state index contributed by atoms with van der Waals surface area (Å²) in [4.78, 5) is 16.7. The molecule has 86 valence electrons. The van der Waals surface area contributed by atoms with Gasteiger partial charge in [0.1, 0.15) is 5.78 Å². The Kier molecular flexibility index (Phi) is 2.33.